The van der Waals surface area contributed by atoms with Gasteiger partial charge in [-0.1, -0.05) is 49.3 Å². The van der Waals surface area contributed by atoms with Crippen molar-refractivity contribution in [2.24, 2.45) is 0 Å². The molecule has 0 amide bonds. The number of fused-ring (bicyclic) bond motifs is 11. The summed E-state index contributed by atoms with van der Waals surface area (Å²) in [5.74, 6) is 5.89. The standard InChI is InChI=1S/C28H18/c1-5-17-9-13-21-25(17)19-11-7-15(3)23(19)28-22-14-10-18(6-2)26(22)20-12-8-16(4)24(20)27(21)28/h1-2,11-14H,3-4,7-10H2. The summed E-state index contributed by atoms with van der Waals surface area (Å²) >= 11 is 0. The first-order chi connectivity index (χ1) is 13.7. The molecule has 4 aliphatic rings. The maximum atomic E-state index is 5.89. The molecular weight excluding hydrogens is 336 g/mol. The fourth-order valence-corrected chi connectivity index (χ4v) is 5.58. The second-order valence-electron chi connectivity index (χ2n) is 7.99. The third-order valence-electron chi connectivity index (χ3n) is 6.69. The van der Waals surface area contributed by atoms with Gasteiger partial charge in [0.15, 0.2) is 0 Å². The van der Waals surface area contributed by atoms with E-state index in [1.165, 1.54) is 64.4 Å². The topological polar surface area (TPSA) is 0 Å². The highest BCUT2D eigenvalue weighted by Gasteiger charge is 2.25. The number of hydrogen-bond acceptors (Lipinski definition) is 0. The van der Waals surface area contributed by atoms with Crippen molar-refractivity contribution < 1.29 is 0 Å². The van der Waals surface area contributed by atoms with Gasteiger partial charge in [0, 0.05) is 21.6 Å². The van der Waals surface area contributed by atoms with E-state index in [1.54, 1.807) is 0 Å². The SMILES string of the molecule is C#CC1=c2c3c(c4c5c(c6c(c4c2=CC1)C(=C)CC=6)=C(C#C)CC=5)C(=C)CC=3. The molecule has 0 saturated carbocycles. The first kappa shape index (κ1) is 15.6. The number of rotatable bonds is 0. The van der Waals surface area contributed by atoms with Gasteiger partial charge in [0.05, 0.1) is 0 Å². The Morgan fingerprint density at radius 2 is 1.00 bits per heavy atom. The largest absolute Gasteiger partial charge is 0.115 e. The van der Waals surface area contributed by atoms with Gasteiger partial charge in [0.2, 0.25) is 0 Å². The Labute approximate surface area is 163 Å². The maximum Gasteiger partial charge on any atom is 0.0140 e. The lowest BCUT2D eigenvalue weighted by atomic mass is 9.89. The van der Waals surface area contributed by atoms with Gasteiger partial charge in [-0.3, -0.25) is 0 Å². The Morgan fingerprint density at radius 1 is 0.607 bits per heavy atom. The zero-order chi connectivity index (χ0) is 19.2. The molecule has 6 rings (SSSR count). The van der Waals surface area contributed by atoms with Gasteiger partial charge < -0.3 is 0 Å². The Kier molecular flexibility index (Phi) is 2.82. The van der Waals surface area contributed by atoms with Crippen molar-refractivity contribution in [3.63, 3.8) is 0 Å². The van der Waals surface area contributed by atoms with Crippen molar-refractivity contribution in [3.05, 3.63) is 55.6 Å². The third kappa shape index (κ3) is 1.61. The second-order valence-corrected chi connectivity index (χ2v) is 7.99. The predicted molar refractivity (Wildman–Crippen MR) is 121 cm³/mol. The molecule has 0 bridgehead atoms. The molecule has 0 fully saturated rings. The van der Waals surface area contributed by atoms with Crippen LogP contribution in [0.15, 0.2) is 13.2 Å². The van der Waals surface area contributed by atoms with Crippen LogP contribution < -0.4 is 31.3 Å². The van der Waals surface area contributed by atoms with E-state index in [0.29, 0.717) is 0 Å². The first-order valence-electron chi connectivity index (χ1n) is 9.74. The van der Waals surface area contributed by atoms with Crippen molar-refractivity contribution in [2.45, 2.75) is 25.7 Å². The van der Waals surface area contributed by atoms with Crippen LogP contribution in [-0.2, 0) is 0 Å². The monoisotopic (exact) mass is 354 g/mol. The van der Waals surface area contributed by atoms with Crippen molar-refractivity contribution >= 4 is 57.4 Å². The van der Waals surface area contributed by atoms with E-state index >= 15 is 0 Å². The summed E-state index contributed by atoms with van der Waals surface area (Å²) in [5.41, 5.74) is 7.04. The van der Waals surface area contributed by atoms with Gasteiger partial charge in [0.1, 0.15) is 0 Å². The van der Waals surface area contributed by atoms with Gasteiger partial charge in [-0.25, -0.2) is 0 Å². The van der Waals surface area contributed by atoms with Crippen LogP contribution in [0.25, 0.3) is 57.4 Å². The van der Waals surface area contributed by atoms with E-state index in [1.807, 2.05) is 0 Å². The maximum absolute atomic E-state index is 5.89. The number of hydrogen-bond donors (Lipinski definition) is 0. The van der Waals surface area contributed by atoms with Gasteiger partial charge >= 0.3 is 0 Å². The molecule has 0 aliphatic heterocycles. The Hall–Kier alpha value is -3.48. The fraction of sp³-hybridized carbons (Fsp3) is 0.143. The zero-order valence-electron chi connectivity index (χ0n) is 15.7. The molecule has 2 aromatic rings. The van der Waals surface area contributed by atoms with E-state index in [4.69, 9.17) is 12.8 Å². The Bertz CT molecular complexity index is 1560. The average Bonchev–Trinajstić information content (AvgIpc) is 3.45. The molecule has 0 nitrogen and oxygen atoms in total. The summed E-state index contributed by atoms with van der Waals surface area (Å²) in [6.45, 7) is 8.81. The summed E-state index contributed by atoms with van der Waals surface area (Å²) in [6, 6.07) is 0. The normalized spacial score (nSPS) is 17.8. The molecule has 2 aromatic carbocycles. The number of benzene rings is 2. The van der Waals surface area contributed by atoms with Crippen LogP contribution in [0.4, 0.5) is 0 Å². The molecule has 0 aromatic heterocycles. The fourth-order valence-electron chi connectivity index (χ4n) is 5.58. The molecule has 0 heteroatoms. The molecule has 130 valence electrons. The van der Waals surface area contributed by atoms with Gasteiger partial charge in [0.25, 0.3) is 0 Å². The second kappa shape index (κ2) is 5.07. The van der Waals surface area contributed by atoms with E-state index in [-0.39, 0.29) is 0 Å². The predicted octanol–water partition coefficient (Wildman–Crippen LogP) is 1.17. The molecule has 0 N–H and O–H groups in total. The molecule has 4 aliphatic carbocycles. The first-order valence-corrected chi connectivity index (χ1v) is 9.74. The average molecular weight is 354 g/mol. The minimum atomic E-state index is 0.825. The molecule has 0 spiro atoms. The summed E-state index contributed by atoms with van der Waals surface area (Å²) in [7, 11) is 0. The van der Waals surface area contributed by atoms with Crippen molar-refractivity contribution in [1.29, 1.82) is 0 Å². The van der Waals surface area contributed by atoms with Gasteiger partial charge in [-0.15, -0.1) is 12.8 Å². The Balaban J connectivity index is 2.12. The van der Waals surface area contributed by atoms with Crippen LogP contribution >= 0.6 is 0 Å². The highest BCUT2D eigenvalue weighted by atomic mass is 14.3. The smallest absolute Gasteiger partial charge is 0.0140 e. The summed E-state index contributed by atoms with van der Waals surface area (Å²) in [5, 5.41) is 10.2. The van der Waals surface area contributed by atoms with Gasteiger partial charge in [-0.2, -0.15) is 0 Å². The summed E-state index contributed by atoms with van der Waals surface area (Å²) < 4.78 is 0. The lowest BCUT2D eigenvalue weighted by Gasteiger charge is -2.13. The minimum Gasteiger partial charge on any atom is -0.115 e. The van der Waals surface area contributed by atoms with E-state index in [2.05, 4.69) is 49.3 Å². The molecule has 0 heterocycles. The van der Waals surface area contributed by atoms with E-state index in [9.17, 15) is 0 Å². The van der Waals surface area contributed by atoms with Crippen LogP contribution in [0.5, 0.6) is 0 Å². The minimum absolute atomic E-state index is 0.825. The number of allylic oxidation sites excluding steroid dienone is 2. The van der Waals surface area contributed by atoms with Crippen molar-refractivity contribution in [1.82, 2.24) is 0 Å². The van der Waals surface area contributed by atoms with Crippen molar-refractivity contribution in [3.8, 4) is 24.7 Å². The lowest BCUT2D eigenvalue weighted by Crippen LogP contribution is -2.47. The lowest BCUT2D eigenvalue weighted by molar-refractivity contribution is 1.43. The molecule has 0 unspecified atom stereocenters. The quantitative estimate of drug-likeness (QED) is 0.623. The van der Waals surface area contributed by atoms with Crippen LogP contribution in [0.2, 0.25) is 0 Å². The zero-order valence-corrected chi connectivity index (χ0v) is 15.7. The molecular formula is C28H18. The summed E-state index contributed by atoms with van der Waals surface area (Å²) in [4.78, 5) is 0. The highest BCUT2D eigenvalue weighted by Crippen LogP contribution is 2.29. The highest BCUT2D eigenvalue weighted by molar-refractivity contribution is 6.06. The molecule has 0 radical (unpaired) electrons. The molecule has 28 heavy (non-hydrogen) atoms. The summed E-state index contributed by atoms with van der Waals surface area (Å²) in [6.07, 6.45) is 24.4. The van der Waals surface area contributed by atoms with Crippen molar-refractivity contribution in [2.75, 3.05) is 0 Å². The molecule has 0 saturated heterocycles. The van der Waals surface area contributed by atoms with E-state index in [0.717, 1.165) is 36.8 Å². The van der Waals surface area contributed by atoms with Crippen LogP contribution in [0.1, 0.15) is 36.8 Å². The molecule has 0 atom stereocenters. The van der Waals surface area contributed by atoms with Crippen LogP contribution in [0, 0.1) is 24.7 Å². The van der Waals surface area contributed by atoms with Crippen LogP contribution in [-0.4, -0.2) is 0 Å². The van der Waals surface area contributed by atoms with Gasteiger partial charge in [-0.05, 0) is 79.6 Å². The van der Waals surface area contributed by atoms with Crippen LogP contribution in [0.3, 0.4) is 0 Å². The number of terminal acetylenes is 2. The Morgan fingerprint density at radius 3 is 1.39 bits per heavy atom. The third-order valence-corrected chi connectivity index (χ3v) is 6.69. The van der Waals surface area contributed by atoms with E-state index < -0.39 is 0 Å².